The summed E-state index contributed by atoms with van der Waals surface area (Å²) in [5.74, 6) is 1.55. The van der Waals surface area contributed by atoms with Gasteiger partial charge in [-0.2, -0.15) is 0 Å². The molecule has 2 heterocycles. The zero-order valence-corrected chi connectivity index (χ0v) is 30.7. The highest BCUT2D eigenvalue weighted by Gasteiger charge is 2.24. The summed E-state index contributed by atoms with van der Waals surface area (Å²) in [5, 5.41) is 6.17. The normalized spacial score (nSPS) is 14.0. The third kappa shape index (κ3) is 6.43. The predicted molar refractivity (Wildman–Crippen MR) is 233 cm³/mol. The fourth-order valence-corrected chi connectivity index (χ4v) is 8.69. The summed E-state index contributed by atoms with van der Waals surface area (Å²) in [6.45, 7) is 0. The van der Waals surface area contributed by atoms with Gasteiger partial charge in [-0.05, 0) is 74.8 Å². The van der Waals surface area contributed by atoms with Gasteiger partial charge in [0.05, 0.1) is 0 Å². The molecule has 9 aromatic rings. The minimum Gasteiger partial charge on any atom is -0.344 e. The number of hydrogen-bond donors (Lipinski definition) is 1. The van der Waals surface area contributed by atoms with Crippen LogP contribution in [0.25, 0.3) is 64.7 Å². The molecule has 0 amide bonds. The Morgan fingerprint density at radius 2 is 0.855 bits per heavy atom. The van der Waals surface area contributed by atoms with Crippen LogP contribution in [0.3, 0.4) is 0 Å². The number of thiophene rings is 1. The molecule has 1 N–H and O–H groups in total. The lowest BCUT2D eigenvalue weighted by Gasteiger charge is -2.24. The van der Waals surface area contributed by atoms with Crippen molar-refractivity contribution in [1.82, 2.24) is 5.32 Å². The van der Waals surface area contributed by atoms with Gasteiger partial charge >= 0.3 is 0 Å². The third-order valence-electron chi connectivity index (χ3n) is 10.4. The summed E-state index contributed by atoms with van der Waals surface area (Å²) in [6.07, 6.45) is -0.305. The number of amidine groups is 2. The zero-order chi connectivity index (χ0) is 36.6. The molecule has 8 aromatic carbocycles. The van der Waals surface area contributed by atoms with Crippen molar-refractivity contribution in [3.05, 3.63) is 217 Å². The van der Waals surface area contributed by atoms with Crippen molar-refractivity contribution in [2.45, 2.75) is 6.17 Å². The number of rotatable bonds is 7. The molecule has 0 spiro atoms. The summed E-state index contributed by atoms with van der Waals surface area (Å²) in [6, 6.07) is 71.2. The molecule has 1 atom stereocenters. The van der Waals surface area contributed by atoms with Crippen LogP contribution in [0, 0.1) is 0 Å². The summed E-state index contributed by atoms with van der Waals surface area (Å²) >= 11 is 1.83. The molecule has 1 unspecified atom stereocenters. The number of aliphatic imine (C=N–C) groups is 2. The number of benzene rings is 8. The molecule has 1 aromatic heterocycles. The van der Waals surface area contributed by atoms with E-state index in [-0.39, 0.29) is 6.17 Å². The fourth-order valence-electron chi connectivity index (χ4n) is 7.57. The quantitative estimate of drug-likeness (QED) is 0.175. The van der Waals surface area contributed by atoms with Crippen LogP contribution in [0.5, 0.6) is 0 Å². The summed E-state index contributed by atoms with van der Waals surface area (Å²) in [5.41, 5.74) is 12.8. The van der Waals surface area contributed by atoms with E-state index in [0.717, 1.165) is 28.4 Å². The first-order valence-corrected chi connectivity index (χ1v) is 19.4. The maximum absolute atomic E-state index is 5.23. The van der Waals surface area contributed by atoms with Gasteiger partial charge in [0.1, 0.15) is 12.0 Å². The van der Waals surface area contributed by atoms with Gasteiger partial charge in [-0.1, -0.05) is 170 Å². The Labute approximate surface area is 324 Å². The lowest BCUT2D eigenvalue weighted by Crippen LogP contribution is -2.33. The standard InChI is InChI=1S/C51H35N3S/c1-4-13-34(14-5-1)39-19-10-20-40(31-39)35-25-27-36(28-26-35)41-21-11-22-42(32-41)43-29-30-46-45(33-43)48-44(23-12-24-47(48)55-46)51-53-49(37-15-6-2-7-16-37)52-50(54-51)38-17-8-3-9-18-38/h1-33,51H,(H,52,53,54). The van der Waals surface area contributed by atoms with Crippen molar-refractivity contribution < 1.29 is 0 Å². The average molecular weight is 722 g/mol. The van der Waals surface area contributed by atoms with E-state index in [9.17, 15) is 0 Å². The summed E-state index contributed by atoms with van der Waals surface area (Å²) in [4.78, 5) is 10.2. The lowest BCUT2D eigenvalue weighted by molar-refractivity contribution is 0.680. The first kappa shape index (κ1) is 32.7. The Kier molecular flexibility index (Phi) is 8.43. The molecule has 55 heavy (non-hydrogen) atoms. The minimum atomic E-state index is -0.305. The van der Waals surface area contributed by atoms with Crippen LogP contribution < -0.4 is 5.32 Å². The van der Waals surface area contributed by atoms with Gasteiger partial charge in [0, 0.05) is 36.9 Å². The second kappa shape index (κ2) is 14.2. The lowest BCUT2D eigenvalue weighted by atomic mass is 9.95. The Morgan fingerprint density at radius 1 is 0.382 bits per heavy atom. The molecule has 0 saturated carbocycles. The van der Waals surface area contributed by atoms with E-state index in [1.165, 1.54) is 64.7 Å². The molecule has 10 rings (SSSR count). The number of fused-ring (bicyclic) bond motifs is 3. The van der Waals surface area contributed by atoms with Crippen LogP contribution >= 0.6 is 11.3 Å². The Hall–Kier alpha value is -6.88. The van der Waals surface area contributed by atoms with Crippen molar-refractivity contribution in [1.29, 1.82) is 0 Å². The van der Waals surface area contributed by atoms with Gasteiger partial charge in [0.15, 0.2) is 5.84 Å². The van der Waals surface area contributed by atoms with E-state index in [1.54, 1.807) is 0 Å². The van der Waals surface area contributed by atoms with Crippen LogP contribution in [-0.4, -0.2) is 11.7 Å². The van der Waals surface area contributed by atoms with Crippen LogP contribution in [0.2, 0.25) is 0 Å². The van der Waals surface area contributed by atoms with Crippen LogP contribution in [0.1, 0.15) is 22.9 Å². The van der Waals surface area contributed by atoms with E-state index < -0.39 is 0 Å². The molecule has 0 saturated heterocycles. The molecule has 260 valence electrons. The topological polar surface area (TPSA) is 36.8 Å². The van der Waals surface area contributed by atoms with Crippen molar-refractivity contribution in [3.63, 3.8) is 0 Å². The van der Waals surface area contributed by atoms with Gasteiger partial charge in [0.2, 0.25) is 0 Å². The largest absolute Gasteiger partial charge is 0.344 e. The number of nitrogens with zero attached hydrogens (tertiary/aromatic N) is 2. The van der Waals surface area contributed by atoms with E-state index >= 15 is 0 Å². The first-order chi connectivity index (χ1) is 27.2. The molecular formula is C51H35N3S. The predicted octanol–water partition coefficient (Wildman–Crippen LogP) is 13.2. The van der Waals surface area contributed by atoms with E-state index in [1.807, 2.05) is 47.7 Å². The minimum absolute atomic E-state index is 0.305. The average Bonchev–Trinajstić information content (AvgIpc) is 3.66. The van der Waals surface area contributed by atoms with Gasteiger partial charge < -0.3 is 5.32 Å². The third-order valence-corrected chi connectivity index (χ3v) is 11.5. The highest BCUT2D eigenvalue weighted by atomic mass is 32.1. The van der Waals surface area contributed by atoms with Gasteiger partial charge in [-0.15, -0.1) is 11.3 Å². The van der Waals surface area contributed by atoms with Crippen LogP contribution in [-0.2, 0) is 0 Å². The SMILES string of the molecule is c1ccc(C2=NC(c3cccc4sc5ccc(-c6cccc(-c7ccc(-c8cccc(-c9ccccc9)c8)cc7)c6)cc5c34)NC(c3ccccc3)=N2)cc1. The monoisotopic (exact) mass is 721 g/mol. The second-order valence-corrected chi connectivity index (χ2v) is 14.9. The van der Waals surface area contributed by atoms with Crippen LogP contribution in [0.4, 0.5) is 0 Å². The molecule has 0 aliphatic carbocycles. The highest BCUT2D eigenvalue weighted by molar-refractivity contribution is 7.25. The Balaban J connectivity index is 0.996. The van der Waals surface area contributed by atoms with Gasteiger partial charge in [-0.25, -0.2) is 9.98 Å². The zero-order valence-electron chi connectivity index (χ0n) is 29.9. The van der Waals surface area contributed by atoms with Crippen LogP contribution in [0.15, 0.2) is 210 Å². The molecule has 0 bridgehead atoms. The fraction of sp³-hybridized carbons (Fsp3) is 0.0196. The molecule has 1 aliphatic heterocycles. The van der Waals surface area contributed by atoms with E-state index in [0.29, 0.717) is 0 Å². The van der Waals surface area contributed by atoms with Crippen molar-refractivity contribution in [2.24, 2.45) is 9.98 Å². The first-order valence-electron chi connectivity index (χ1n) is 18.6. The number of nitrogens with one attached hydrogen (secondary N) is 1. The Bertz CT molecular complexity index is 2870. The maximum atomic E-state index is 5.23. The van der Waals surface area contributed by atoms with E-state index in [2.05, 4.69) is 169 Å². The molecule has 3 nitrogen and oxygen atoms in total. The molecular weight excluding hydrogens is 687 g/mol. The molecule has 1 aliphatic rings. The highest BCUT2D eigenvalue weighted by Crippen LogP contribution is 2.41. The van der Waals surface area contributed by atoms with E-state index in [4.69, 9.17) is 9.98 Å². The van der Waals surface area contributed by atoms with Crippen molar-refractivity contribution in [2.75, 3.05) is 0 Å². The van der Waals surface area contributed by atoms with Crippen molar-refractivity contribution >= 4 is 43.2 Å². The van der Waals surface area contributed by atoms with Gasteiger partial charge in [-0.3, -0.25) is 0 Å². The maximum Gasteiger partial charge on any atom is 0.159 e. The van der Waals surface area contributed by atoms with Gasteiger partial charge in [0.25, 0.3) is 0 Å². The molecule has 0 fully saturated rings. The Morgan fingerprint density at radius 3 is 1.47 bits per heavy atom. The number of hydrogen-bond acceptors (Lipinski definition) is 4. The smallest absolute Gasteiger partial charge is 0.159 e. The molecule has 4 heteroatoms. The second-order valence-electron chi connectivity index (χ2n) is 13.8. The summed E-state index contributed by atoms with van der Waals surface area (Å²) < 4.78 is 2.50. The van der Waals surface area contributed by atoms with Crippen molar-refractivity contribution in [3.8, 4) is 44.5 Å². The summed E-state index contributed by atoms with van der Waals surface area (Å²) in [7, 11) is 0. The molecule has 0 radical (unpaired) electrons.